The Balaban J connectivity index is 1.79. The van der Waals surface area contributed by atoms with E-state index in [1.165, 1.54) is 30.3 Å². The molecule has 0 aliphatic carbocycles. The van der Waals surface area contributed by atoms with Crippen molar-refractivity contribution in [1.82, 2.24) is 16.2 Å². The van der Waals surface area contributed by atoms with E-state index in [9.17, 15) is 14.7 Å². The average molecular weight is 371 g/mol. The van der Waals surface area contributed by atoms with Gasteiger partial charge in [0.15, 0.2) is 5.11 Å². The predicted molar refractivity (Wildman–Crippen MR) is 101 cm³/mol. The van der Waals surface area contributed by atoms with Gasteiger partial charge >= 0.3 is 0 Å². The molecule has 2 aromatic rings. The molecule has 0 atom stereocenters. The number of hydrogen-bond acceptors (Lipinski definition) is 5. The van der Waals surface area contributed by atoms with Crippen molar-refractivity contribution in [1.29, 1.82) is 0 Å². The summed E-state index contributed by atoms with van der Waals surface area (Å²) in [6.45, 7) is 0. The summed E-state index contributed by atoms with van der Waals surface area (Å²) in [5.74, 6) is -0.130. The van der Waals surface area contributed by atoms with Crippen LogP contribution in [0.3, 0.4) is 0 Å². The van der Waals surface area contributed by atoms with Gasteiger partial charge in [-0.15, -0.1) is 0 Å². The molecule has 0 heterocycles. The number of benzene rings is 2. The SMILES string of the molecule is COc1ccc(/C=C/C(=O)NC(=S)NNC(=O)c2ccc(O)cc2)cc1. The summed E-state index contributed by atoms with van der Waals surface area (Å²) in [6.07, 6.45) is 2.93. The quantitative estimate of drug-likeness (QED) is 0.371. The van der Waals surface area contributed by atoms with E-state index in [2.05, 4.69) is 16.2 Å². The number of carbonyl (C=O) groups excluding carboxylic acids is 2. The van der Waals surface area contributed by atoms with Crippen molar-refractivity contribution in [2.24, 2.45) is 0 Å². The molecule has 0 saturated carbocycles. The molecule has 8 heteroatoms. The van der Waals surface area contributed by atoms with Crippen molar-refractivity contribution in [3.63, 3.8) is 0 Å². The first-order valence-electron chi connectivity index (χ1n) is 7.50. The molecule has 0 spiro atoms. The van der Waals surface area contributed by atoms with Crippen LogP contribution in [0.1, 0.15) is 15.9 Å². The maximum atomic E-state index is 11.9. The van der Waals surface area contributed by atoms with E-state index in [0.717, 1.165) is 11.3 Å². The Morgan fingerprint density at radius 2 is 1.69 bits per heavy atom. The topological polar surface area (TPSA) is 99.7 Å². The van der Waals surface area contributed by atoms with E-state index in [0.29, 0.717) is 5.56 Å². The highest BCUT2D eigenvalue weighted by atomic mass is 32.1. The standard InChI is InChI=1S/C18H17N3O4S/c1-25-15-9-2-12(3-10-15)4-11-16(23)19-18(26)21-20-17(24)13-5-7-14(22)8-6-13/h2-11,22H,1H3,(H,20,24)(H2,19,21,23,26)/b11-4+. The van der Waals surface area contributed by atoms with Crippen LogP contribution in [0.2, 0.25) is 0 Å². The molecule has 2 rings (SSSR count). The number of phenols is 1. The fourth-order valence-corrected chi connectivity index (χ4v) is 2.02. The van der Waals surface area contributed by atoms with Gasteiger partial charge in [0, 0.05) is 11.6 Å². The second-order valence-electron chi connectivity index (χ2n) is 5.05. The maximum Gasteiger partial charge on any atom is 0.269 e. The zero-order chi connectivity index (χ0) is 18.9. The Morgan fingerprint density at radius 3 is 2.31 bits per heavy atom. The first-order chi connectivity index (χ1) is 12.5. The van der Waals surface area contributed by atoms with E-state index in [1.54, 1.807) is 37.5 Å². The molecule has 0 fully saturated rings. The lowest BCUT2D eigenvalue weighted by Crippen LogP contribution is -2.48. The van der Waals surface area contributed by atoms with Crippen molar-refractivity contribution in [3.8, 4) is 11.5 Å². The largest absolute Gasteiger partial charge is 0.508 e. The van der Waals surface area contributed by atoms with Gasteiger partial charge in [-0.1, -0.05) is 12.1 Å². The summed E-state index contributed by atoms with van der Waals surface area (Å²) in [5, 5.41) is 11.5. The van der Waals surface area contributed by atoms with E-state index in [1.807, 2.05) is 0 Å². The molecule has 0 aliphatic rings. The molecule has 26 heavy (non-hydrogen) atoms. The molecule has 0 saturated heterocycles. The number of hydrogen-bond donors (Lipinski definition) is 4. The van der Waals surface area contributed by atoms with Crippen LogP contribution in [0, 0.1) is 0 Å². The fraction of sp³-hybridized carbons (Fsp3) is 0.0556. The van der Waals surface area contributed by atoms with E-state index in [-0.39, 0.29) is 10.9 Å². The van der Waals surface area contributed by atoms with Crippen LogP contribution in [0.25, 0.3) is 6.08 Å². The van der Waals surface area contributed by atoms with Crippen LogP contribution in [0.15, 0.2) is 54.6 Å². The lowest BCUT2D eigenvalue weighted by Gasteiger charge is -2.09. The monoisotopic (exact) mass is 371 g/mol. The molecule has 0 aromatic heterocycles. The number of hydrazine groups is 1. The van der Waals surface area contributed by atoms with Gasteiger partial charge in [-0.25, -0.2) is 0 Å². The van der Waals surface area contributed by atoms with Gasteiger partial charge in [-0.2, -0.15) is 0 Å². The Hall–Kier alpha value is -3.39. The fourth-order valence-electron chi connectivity index (χ4n) is 1.87. The summed E-state index contributed by atoms with van der Waals surface area (Å²) < 4.78 is 5.06. The summed E-state index contributed by atoms with van der Waals surface area (Å²) in [4.78, 5) is 23.7. The Labute approximate surface area is 155 Å². The first kappa shape index (κ1) is 18.9. The molecule has 0 bridgehead atoms. The highest BCUT2D eigenvalue weighted by Crippen LogP contribution is 2.12. The molecule has 4 N–H and O–H groups in total. The minimum atomic E-state index is -0.463. The van der Waals surface area contributed by atoms with Crippen molar-refractivity contribution in [2.45, 2.75) is 0 Å². The van der Waals surface area contributed by atoms with Gasteiger partial charge in [0.2, 0.25) is 5.91 Å². The van der Waals surface area contributed by atoms with Crippen LogP contribution >= 0.6 is 12.2 Å². The third kappa shape index (κ3) is 5.91. The van der Waals surface area contributed by atoms with Crippen molar-refractivity contribution < 1.29 is 19.4 Å². The minimum absolute atomic E-state index is 0.0542. The van der Waals surface area contributed by atoms with Gasteiger partial charge in [0.1, 0.15) is 11.5 Å². The first-order valence-corrected chi connectivity index (χ1v) is 7.91. The number of ether oxygens (including phenoxy) is 1. The molecular formula is C18H17N3O4S. The summed E-state index contributed by atoms with van der Waals surface area (Å²) >= 11 is 4.93. The predicted octanol–water partition coefficient (Wildman–Crippen LogP) is 1.75. The maximum absolute atomic E-state index is 11.9. The number of carbonyl (C=O) groups is 2. The second-order valence-corrected chi connectivity index (χ2v) is 5.46. The van der Waals surface area contributed by atoms with Crippen LogP contribution < -0.4 is 20.9 Å². The molecular weight excluding hydrogens is 354 g/mol. The number of aromatic hydroxyl groups is 1. The van der Waals surface area contributed by atoms with Gasteiger partial charge in [0.05, 0.1) is 7.11 Å². The summed E-state index contributed by atoms with van der Waals surface area (Å²) in [7, 11) is 1.58. The number of amides is 2. The third-order valence-electron chi connectivity index (χ3n) is 3.20. The molecule has 2 aromatic carbocycles. The van der Waals surface area contributed by atoms with E-state index in [4.69, 9.17) is 17.0 Å². The number of rotatable bonds is 4. The van der Waals surface area contributed by atoms with Crippen LogP contribution in [-0.2, 0) is 4.79 Å². The van der Waals surface area contributed by atoms with Gasteiger partial charge < -0.3 is 9.84 Å². The molecule has 0 radical (unpaired) electrons. The Kier molecular flexibility index (Phi) is 6.69. The summed E-state index contributed by atoms with van der Waals surface area (Å²) in [6, 6.07) is 12.8. The molecule has 134 valence electrons. The van der Waals surface area contributed by atoms with Gasteiger partial charge in [-0.05, 0) is 60.3 Å². The zero-order valence-electron chi connectivity index (χ0n) is 13.9. The van der Waals surface area contributed by atoms with Crippen molar-refractivity contribution >= 4 is 35.2 Å². The highest BCUT2D eigenvalue weighted by molar-refractivity contribution is 7.80. The molecule has 7 nitrogen and oxygen atoms in total. The third-order valence-corrected chi connectivity index (χ3v) is 3.40. The number of thiocarbonyl (C=S) groups is 1. The van der Waals surface area contributed by atoms with Gasteiger partial charge in [-0.3, -0.25) is 25.8 Å². The Morgan fingerprint density at radius 1 is 1.04 bits per heavy atom. The normalized spacial score (nSPS) is 10.2. The van der Waals surface area contributed by atoms with E-state index >= 15 is 0 Å². The number of nitrogens with one attached hydrogen (secondary N) is 3. The van der Waals surface area contributed by atoms with Crippen LogP contribution in [-0.4, -0.2) is 29.1 Å². The zero-order valence-corrected chi connectivity index (χ0v) is 14.7. The molecule has 0 unspecified atom stereocenters. The van der Waals surface area contributed by atoms with E-state index < -0.39 is 11.8 Å². The molecule has 0 aliphatic heterocycles. The highest BCUT2D eigenvalue weighted by Gasteiger charge is 2.06. The van der Waals surface area contributed by atoms with Gasteiger partial charge in [0.25, 0.3) is 5.91 Å². The smallest absolute Gasteiger partial charge is 0.269 e. The van der Waals surface area contributed by atoms with Crippen LogP contribution in [0.5, 0.6) is 11.5 Å². The Bertz CT molecular complexity index is 817. The minimum Gasteiger partial charge on any atom is -0.508 e. The molecule has 2 amide bonds. The second kappa shape index (κ2) is 9.19. The van der Waals surface area contributed by atoms with Crippen molar-refractivity contribution in [3.05, 3.63) is 65.7 Å². The number of phenolic OH excluding ortho intramolecular Hbond substituents is 1. The van der Waals surface area contributed by atoms with Crippen LogP contribution in [0.4, 0.5) is 0 Å². The van der Waals surface area contributed by atoms with Crippen molar-refractivity contribution in [2.75, 3.05) is 7.11 Å². The average Bonchev–Trinajstić information content (AvgIpc) is 2.65. The summed E-state index contributed by atoms with van der Waals surface area (Å²) in [5.41, 5.74) is 5.92. The lowest BCUT2D eigenvalue weighted by atomic mass is 10.2. The lowest BCUT2D eigenvalue weighted by molar-refractivity contribution is -0.115. The number of methoxy groups -OCH3 is 1.